The zero-order valence-electron chi connectivity index (χ0n) is 17.9. The van der Waals surface area contributed by atoms with Gasteiger partial charge in [0.25, 0.3) is 5.91 Å². The van der Waals surface area contributed by atoms with Crippen molar-refractivity contribution >= 4 is 17.5 Å². The van der Waals surface area contributed by atoms with Crippen molar-refractivity contribution in [3.63, 3.8) is 0 Å². The molecule has 0 atom stereocenters. The second kappa shape index (κ2) is 9.30. The van der Waals surface area contributed by atoms with Gasteiger partial charge in [-0.2, -0.15) is 10.2 Å². The summed E-state index contributed by atoms with van der Waals surface area (Å²) in [5.74, 6) is -0.357. The number of rotatable bonds is 7. The highest BCUT2D eigenvalue weighted by Gasteiger charge is 2.19. The largest absolute Gasteiger partial charge is 0.348 e. The molecule has 8 heteroatoms. The molecule has 0 spiro atoms. The van der Waals surface area contributed by atoms with Crippen LogP contribution in [0.15, 0.2) is 73.1 Å². The first kappa shape index (κ1) is 21.0. The molecule has 0 aliphatic carbocycles. The maximum absolute atomic E-state index is 12.9. The van der Waals surface area contributed by atoms with E-state index in [0.717, 1.165) is 16.9 Å². The Labute approximate surface area is 185 Å². The minimum absolute atomic E-state index is 0.137. The van der Waals surface area contributed by atoms with Crippen molar-refractivity contribution in [3.05, 3.63) is 95.6 Å². The lowest BCUT2D eigenvalue weighted by Crippen LogP contribution is -2.24. The third kappa shape index (κ3) is 4.75. The van der Waals surface area contributed by atoms with Gasteiger partial charge in [-0.3, -0.25) is 14.3 Å². The quantitative estimate of drug-likeness (QED) is 0.472. The van der Waals surface area contributed by atoms with E-state index in [2.05, 4.69) is 20.8 Å². The summed E-state index contributed by atoms with van der Waals surface area (Å²) in [5.41, 5.74) is 4.47. The lowest BCUT2D eigenvalue weighted by atomic mass is 10.1. The summed E-state index contributed by atoms with van der Waals surface area (Å²) in [4.78, 5) is 25.1. The summed E-state index contributed by atoms with van der Waals surface area (Å²) in [6, 6.07) is 18.9. The van der Waals surface area contributed by atoms with Crippen LogP contribution < -0.4 is 10.6 Å². The molecule has 2 amide bonds. The van der Waals surface area contributed by atoms with Crippen molar-refractivity contribution < 1.29 is 9.59 Å². The number of nitrogens with one attached hydrogen (secondary N) is 2. The van der Waals surface area contributed by atoms with Crippen molar-refractivity contribution in [3.8, 4) is 5.69 Å². The van der Waals surface area contributed by atoms with Crippen LogP contribution in [0.3, 0.4) is 0 Å². The smallest absolute Gasteiger partial charge is 0.255 e. The molecular weight excluding hydrogens is 404 g/mol. The Balaban J connectivity index is 1.41. The maximum atomic E-state index is 12.9. The van der Waals surface area contributed by atoms with Crippen molar-refractivity contribution in [2.75, 3.05) is 5.32 Å². The Bertz CT molecular complexity index is 1230. The van der Waals surface area contributed by atoms with Crippen molar-refractivity contribution in [2.24, 2.45) is 0 Å². The zero-order valence-corrected chi connectivity index (χ0v) is 17.9. The van der Waals surface area contributed by atoms with Crippen LogP contribution in [0.1, 0.15) is 27.3 Å². The number of aromatic nitrogens is 4. The Kier molecular flexibility index (Phi) is 6.12. The van der Waals surface area contributed by atoms with Gasteiger partial charge in [0.2, 0.25) is 5.91 Å². The number of aryl methyl sites for hydroxylation is 1. The van der Waals surface area contributed by atoms with Crippen LogP contribution in [0.25, 0.3) is 5.69 Å². The average Bonchev–Trinajstić information content (AvgIpc) is 3.40. The number of benzene rings is 2. The van der Waals surface area contributed by atoms with Crippen LogP contribution >= 0.6 is 0 Å². The number of anilines is 1. The molecule has 2 aromatic carbocycles. The normalized spacial score (nSPS) is 10.7. The summed E-state index contributed by atoms with van der Waals surface area (Å²) >= 11 is 0. The molecule has 0 fully saturated rings. The molecule has 2 N–H and O–H groups in total. The summed E-state index contributed by atoms with van der Waals surface area (Å²) in [6.45, 7) is 4.18. The summed E-state index contributed by atoms with van der Waals surface area (Å²) in [5, 5.41) is 14.4. The van der Waals surface area contributed by atoms with Gasteiger partial charge in [0.05, 0.1) is 22.6 Å². The van der Waals surface area contributed by atoms with Gasteiger partial charge >= 0.3 is 0 Å². The fourth-order valence-corrected chi connectivity index (χ4v) is 3.56. The van der Waals surface area contributed by atoms with E-state index in [1.807, 2.05) is 68.4 Å². The number of carbonyl (C=O) groups is 2. The molecular formula is C24H24N6O2. The van der Waals surface area contributed by atoms with Crippen LogP contribution in [0.2, 0.25) is 0 Å². The maximum Gasteiger partial charge on any atom is 0.255 e. The highest BCUT2D eigenvalue weighted by Crippen LogP contribution is 2.18. The molecule has 8 nitrogen and oxygen atoms in total. The third-order valence-corrected chi connectivity index (χ3v) is 5.05. The molecule has 0 bridgehead atoms. The second-order valence-electron chi connectivity index (χ2n) is 7.43. The molecule has 2 heterocycles. The van der Waals surface area contributed by atoms with Gasteiger partial charge in [-0.1, -0.05) is 30.3 Å². The third-order valence-electron chi connectivity index (χ3n) is 5.05. The average molecular weight is 428 g/mol. The summed E-state index contributed by atoms with van der Waals surface area (Å²) in [6.07, 6.45) is 3.36. The number of para-hydroxylation sites is 1. The number of nitrogens with zero attached hydrogens (tertiary/aromatic N) is 4. The van der Waals surface area contributed by atoms with Gasteiger partial charge in [0.15, 0.2) is 0 Å². The van der Waals surface area contributed by atoms with Gasteiger partial charge < -0.3 is 10.6 Å². The number of carbonyl (C=O) groups excluding carboxylic acids is 2. The first-order valence-corrected chi connectivity index (χ1v) is 10.3. The Morgan fingerprint density at radius 3 is 2.56 bits per heavy atom. The fourth-order valence-electron chi connectivity index (χ4n) is 3.56. The zero-order chi connectivity index (χ0) is 22.5. The first-order valence-electron chi connectivity index (χ1n) is 10.3. The summed E-state index contributed by atoms with van der Waals surface area (Å²) in [7, 11) is 0. The van der Waals surface area contributed by atoms with Gasteiger partial charge in [0.1, 0.15) is 6.54 Å². The molecule has 0 aliphatic rings. The van der Waals surface area contributed by atoms with E-state index in [-0.39, 0.29) is 18.4 Å². The van der Waals surface area contributed by atoms with Crippen LogP contribution in [-0.2, 0) is 17.9 Å². The van der Waals surface area contributed by atoms with Crippen LogP contribution in [0, 0.1) is 13.8 Å². The molecule has 0 saturated heterocycles. The van der Waals surface area contributed by atoms with Crippen LogP contribution in [0.4, 0.5) is 5.69 Å². The SMILES string of the molecule is Cc1nn(-c2ccccc2)c(C)c1C(=O)NCc1cccc(NC(=O)Cn2cccn2)c1. The van der Waals surface area contributed by atoms with Crippen LogP contribution in [0.5, 0.6) is 0 Å². The Morgan fingerprint density at radius 1 is 1.00 bits per heavy atom. The van der Waals surface area contributed by atoms with Gasteiger partial charge in [0, 0.05) is 24.6 Å². The van der Waals surface area contributed by atoms with Gasteiger partial charge in [-0.15, -0.1) is 0 Å². The molecule has 0 radical (unpaired) electrons. The molecule has 162 valence electrons. The van der Waals surface area contributed by atoms with Gasteiger partial charge in [-0.05, 0) is 49.7 Å². The fraction of sp³-hybridized carbons (Fsp3) is 0.167. The number of hydrogen-bond donors (Lipinski definition) is 2. The van der Waals surface area contributed by atoms with Crippen molar-refractivity contribution in [1.29, 1.82) is 0 Å². The predicted molar refractivity (Wildman–Crippen MR) is 122 cm³/mol. The second-order valence-corrected chi connectivity index (χ2v) is 7.43. The van der Waals surface area contributed by atoms with E-state index in [0.29, 0.717) is 23.5 Å². The topological polar surface area (TPSA) is 93.8 Å². The van der Waals surface area contributed by atoms with E-state index in [9.17, 15) is 9.59 Å². The number of amides is 2. The van der Waals surface area contributed by atoms with E-state index in [1.165, 1.54) is 0 Å². The molecule has 0 unspecified atom stereocenters. The lowest BCUT2D eigenvalue weighted by molar-refractivity contribution is -0.116. The van der Waals surface area contributed by atoms with E-state index < -0.39 is 0 Å². The minimum Gasteiger partial charge on any atom is -0.348 e. The standard InChI is InChI=1S/C24H24N6O2/c1-17-23(18(2)30(28-17)21-10-4-3-5-11-21)24(32)25-15-19-8-6-9-20(14-19)27-22(31)16-29-13-7-12-26-29/h3-14H,15-16H2,1-2H3,(H,25,32)(H,27,31). The van der Waals surface area contributed by atoms with Crippen molar-refractivity contribution in [1.82, 2.24) is 24.9 Å². The van der Waals surface area contributed by atoms with E-state index >= 15 is 0 Å². The van der Waals surface area contributed by atoms with Crippen LogP contribution in [-0.4, -0.2) is 31.4 Å². The monoisotopic (exact) mass is 428 g/mol. The van der Waals surface area contributed by atoms with E-state index in [4.69, 9.17) is 0 Å². The molecule has 4 rings (SSSR count). The number of hydrogen-bond acceptors (Lipinski definition) is 4. The van der Waals surface area contributed by atoms with Crippen molar-refractivity contribution in [2.45, 2.75) is 26.9 Å². The molecule has 0 aliphatic heterocycles. The van der Waals surface area contributed by atoms with E-state index in [1.54, 1.807) is 27.8 Å². The predicted octanol–water partition coefficient (Wildman–Crippen LogP) is 3.25. The first-order chi connectivity index (χ1) is 15.5. The molecule has 0 saturated carbocycles. The lowest BCUT2D eigenvalue weighted by Gasteiger charge is -2.09. The minimum atomic E-state index is -0.185. The molecule has 4 aromatic rings. The highest BCUT2D eigenvalue weighted by atomic mass is 16.2. The Hall–Kier alpha value is -4.20. The highest BCUT2D eigenvalue weighted by molar-refractivity contribution is 5.96. The summed E-state index contributed by atoms with van der Waals surface area (Å²) < 4.78 is 3.33. The van der Waals surface area contributed by atoms with Gasteiger partial charge in [-0.25, -0.2) is 4.68 Å². The Morgan fingerprint density at radius 2 is 1.81 bits per heavy atom. The molecule has 32 heavy (non-hydrogen) atoms. The molecule has 2 aromatic heterocycles.